The first-order valence-corrected chi connectivity index (χ1v) is 7.79. The Morgan fingerprint density at radius 2 is 1.67 bits per heavy atom. The van der Waals surface area contributed by atoms with E-state index in [0.717, 1.165) is 18.4 Å². The molecule has 0 aromatic heterocycles. The van der Waals surface area contributed by atoms with Crippen LogP contribution in [0, 0.1) is 0 Å². The third kappa shape index (κ3) is 4.79. The van der Waals surface area contributed by atoms with Crippen LogP contribution in [0.5, 0.6) is 11.5 Å². The summed E-state index contributed by atoms with van der Waals surface area (Å²) in [6, 6.07) is 10.7. The summed E-state index contributed by atoms with van der Waals surface area (Å²) in [7, 11) is 0. The van der Waals surface area contributed by atoms with Crippen LogP contribution in [0.4, 0.5) is 0 Å². The highest BCUT2D eigenvalue weighted by atomic mass is 35.5. The standard InChI is InChI=1S/C16H16Cl3NO/c1-2-14(20)5-10-3-4-11(17)9-16(10)21-15-7-12(18)6-13(19)8-15/h3-4,6-9,14H,2,5,20H2,1H3. The van der Waals surface area contributed by atoms with Gasteiger partial charge in [-0.2, -0.15) is 0 Å². The Labute approximate surface area is 139 Å². The smallest absolute Gasteiger partial charge is 0.132 e. The van der Waals surface area contributed by atoms with E-state index in [4.69, 9.17) is 45.3 Å². The van der Waals surface area contributed by atoms with E-state index in [1.54, 1.807) is 24.3 Å². The molecule has 0 radical (unpaired) electrons. The van der Waals surface area contributed by atoms with Crippen molar-refractivity contribution in [2.75, 3.05) is 0 Å². The maximum absolute atomic E-state index is 6.05. The molecule has 5 heteroatoms. The predicted molar refractivity (Wildman–Crippen MR) is 90.0 cm³/mol. The van der Waals surface area contributed by atoms with Crippen LogP contribution in [0.3, 0.4) is 0 Å². The van der Waals surface area contributed by atoms with Gasteiger partial charge in [0.15, 0.2) is 0 Å². The molecule has 112 valence electrons. The molecule has 0 aliphatic heterocycles. The topological polar surface area (TPSA) is 35.2 Å². The van der Waals surface area contributed by atoms with Crippen LogP contribution in [0.1, 0.15) is 18.9 Å². The van der Waals surface area contributed by atoms with Crippen molar-refractivity contribution in [3.05, 3.63) is 57.0 Å². The number of benzene rings is 2. The fourth-order valence-corrected chi connectivity index (χ4v) is 2.60. The molecule has 2 aromatic rings. The molecule has 0 saturated carbocycles. The second kappa shape index (κ2) is 7.37. The Kier molecular flexibility index (Phi) is 5.77. The molecule has 0 saturated heterocycles. The summed E-state index contributed by atoms with van der Waals surface area (Å²) < 4.78 is 5.89. The molecule has 21 heavy (non-hydrogen) atoms. The summed E-state index contributed by atoms with van der Waals surface area (Å²) in [4.78, 5) is 0. The van der Waals surface area contributed by atoms with Gasteiger partial charge >= 0.3 is 0 Å². The molecule has 0 aliphatic carbocycles. The fourth-order valence-electron chi connectivity index (χ4n) is 1.93. The molecule has 0 heterocycles. The highest BCUT2D eigenvalue weighted by molar-refractivity contribution is 6.34. The number of ether oxygens (including phenoxy) is 1. The Morgan fingerprint density at radius 1 is 1.00 bits per heavy atom. The zero-order chi connectivity index (χ0) is 15.4. The van der Waals surface area contributed by atoms with Gasteiger partial charge in [-0.25, -0.2) is 0 Å². The summed E-state index contributed by atoms with van der Waals surface area (Å²) in [5, 5.41) is 1.64. The lowest BCUT2D eigenvalue weighted by Gasteiger charge is -2.15. The average molecular weight is 345 g/mol. The highest BCUT2D eigenvalue weighted by Gasteiger charge is 2.10. The van der Waals surface area contributed by atoms with Crippen molar-refractivity contribution in [3.8, 4) is 11.5 Å². The quantitative estimate of drug-likeness (QED) is 0.753. The Bertz CT molecular complexity index is 611. The van der Waals surface area contributed by atoms with Gasteiger partial charge in [0.25, 0.3) is 0 Å². The summed E-state index contributed by atoms with van der Waals surface area (Å²) >= 11 is 18.0. The van der Waals surface area contributed by atoms with E-state index < -0.39 is 0 Å². The van der Waals surface area contributed by atoms with Crippen LogP contribution in [-0.2, 0) is 6.42 Å². The number of hydrogen-bond acceptors (Lipinski definition) is 2. The lowest BCUT2D eigenvalue weighted by atomic mass is 10.0. The van der Waals surface area contributed by atoms with Gasteiger partial charge in [0, 0.05) is 21.1 Å². The van der Waals surface area contributed by atoms with Crippen LogP contribution in [0.15, 0.2) is 36.4 Å². The van der Waals surface area contributed by atoms with Crippen LogP contribution in [0.25, 0.3) is 0 Å². The molecule has 2 N–H and O–H groups in total. The maximum atomic E-state index is 6.05. The van der Waals surface area contributed by atoms with Gasteiger partial charge in [-0.05, 0) is 48.7 Å². The molecule has 0 bridgehead atoms. The van der Waals surface area contributed by atoms with Crippen LogP contribution in [0.2, 0.25) is 15.1 Å². The largest absolute Gasteiger partial charge is 0.457 e. The van der Waals surface area contributed by atoms with Crippen molar-refractivity contribution in [1.29, 1.82) is 0 Å². The monoisotopic (exact) mass is 343 g/mol. The van der Waals surface area contributed by atoms with E-state index in [1.807, 2.05) is 12.1 Å². The van der Waals surface area contributed by atoms with E-state index >= 15 is 0 Å². The predicted octanol–water partition coefficient (Wildman–Crippen LogP) is 5.72. The number of hydrogen-bond donors (Lipinski definition) is 1. The SMILES string of the molecule is CCC(N)Cc1ccc(Cl)cc1Oc1cc(Cl)cc(Cl)c1. The molecule has 0 fully saturated rings. The minimum absolute atomic E-state index is 0.0801. The Hall–Kier alpha value is -0.930. The first kappa shape index (κ1) is 16.4. The first-order chi connectivity index (χ1) is 9.97. The van der Waals surface area contributed by atoms with E-state index in [2.05, 4.69) is 6.92 Å². The van der Waals surface area contributed by atoms with Gasteiger partial charge in [0.1, 0.15) is 11.5 Å². The summed E-state index contributed by atoms with van der Waals surface area (Å²) in [5.41, 5.74) is 7.03. The lowest BCUT2D eigenvalue weighted by molar-refractivity contribution is 0.472. The highest BCUT2D eigenvalue weighted by Crippen LogP contribution is 2.32. The van der Waals surface area contributed by atoms with Crippen LogP contribution < -0.4 is 10.5 Å². The van der Waals surface area contributed by atoms with E-state index in [-0.39, 0.29) is 6.04 Å². The van der Waals surface area contributed by atoms with Crippen molar-refractivity contribution < 1.29 is 4.74 Å². The molecule has 0 amide bonds. The van der Waals surface area contributed by atoms with Crippen molar-refractivity contribution in [2.45, 2.75) is 25.8 Å². The zero-order valence-electron chi connectivity index (χ0n) is 11.6. The fraction of sp³-hybridized carbons (Fsp3) is 0.250. The third-order valence-corrected chi connectivity index (χ3v) is 3.77. The van der Waals surface area contributed by atoms with Crippen LogP contribution >= 0.6 is 34.8 Å². The van der Waals surface area contributed by atoms with Gasteiger partial charge in [-0.15, -0.1) is 0 Å². The van der Waals surface area contributed by atoms with Crippen LogP contribution in [-0.4, -0.2) is 6.04 Å². The molecule has 0 spiro atoms. The molecule has 2 nitrogen and oxygen atoms in total. The second-order valence-corrected chi connectivity index (χ2v) is 6.14. The minimum atomic E-state index is 0.0801. The molecular weight excluding hydrogens is 329 g/mol. The van der Waals surface area contributed by atoms with Gasteiger partial charge in [0.05, 0.1) is 0 Å². The van der Waals surface area contributed by atoms with Crippen molar-refractivity contribution in [3.63, 3.8) is 0 Å². The second-order valence-electron chi connectivity index (χ2n) is 4.83. The maximum Gasteiger partial charge on any atom is 0.132 e. The van der Waals surface area contributed by atoms with Gasteiger partial charge in [0.2, 0.25) is 0 Å². The number of halogens is 3. The van der Waals surface area contributed by atoms with Gasteiger partial charge in [-0.1, -0.05) is 47.8 Å². The first-order valence-electron chi connectivity index (χ1n) is 6.66. The minimum Gasteiger partial charge on any atom is -0.457 e. The van der Waals surface area contributed by atoms with E-state index in [1.165, 1.54) is 0 Å². The molecular formula is C16H16Cl3NO. The summed E-state index contributed by atoms with van der Waals surface area (Å²) in [6.07, 6.45) is 1.61. The number of nitrogens with two attached hydrogens (primary N) is 1. The van der Waals surface area contributed by atoms with Crippen molar-refractivity contribution >= 4 is 34.8 Å². The Morgan fingerprint density at radius 3 is 2.29 bits per heavy atom. The molecule has 2 rings (SSSR count). The normalized spacial score (nSPS) is 12.2. The van der Waals surface area contributed by atoms with E-state index in [9.17, 15) is 0 Å². The summed E-state index contributed by atoms with van der Waals surface area (Å²) in [5.74, 6) is 1.24. The number of rotatable bonds is 5. The molecule has 0 aliphatic rings. The van der Waals surface area contributed by atoms with Crippen molar-refractivity contribution in [2.24, 2.45) is 5.73 Å². The van der Waals surface area contributed by atoms with Gasteiger partial charge in [-0.3, -0.25) is 0 Å². The molecule has 2 aromatic carbocycles. The third-order valence-electron chi connectivity index (χ3n) is 3.10. The lowest BCUT2D eigenvalue weighted by Crippen LogP contribution is -2.21. The summed E-state index contributed by atoms with van der Waals surface area (Å²) in [6.45, 7) is 2.05. The Balaban J connectivity index is 2.31. The van der Waals surface area contributed by atoms with Crippen molar-refractivity contribution in [1.82, 2.24) is 0 Å². The average Bonchev–Trinajstić information content (AvgIpc) is 2.40. The molecule has 1 unspecified atom stereocenters. The molecule has 1 atom stereocenters. The van der Waals surface area contributed by atoms with E-state index in [0.29, 0.717) is 26.6 Å². The zero-order valence-corrected chi connectivity index (χ0v) is 13.8. The van der Waals surface area contributed by atoms with Gasteiger partial charge < -0.3 is 10.5 Å².